The predicted octanol–water partition coefficient (Wildman–Crippen LogP) is 3.28. The highest BCUT2D eigenvalue weighted by Crippen LogP contribution is 2.07. The summed E-state index contributed by atoms with van der Waals surface area (Å²) < 4.78 is 0. The van der Waals surface area contributed by atoms with Crippen LogP contribution in [0.3, 0.4) is 0 Å². The van der Waals surface area contributed by atoms with Gasteiger partial charge >= 0.3 is 0 Å². The van der Waals surface area contributed by atoms with Gasteiger partial charge in [-0.2, -0.15) is 0 Å². The fourth-order valence-corrected chi connectivity index (χ4v) is 1.19. The minimum atomic E-state index is 0.312. The number of nitrogens with zero attached hydrogens (tertiary/aromatic N) is 1. The Bertz CT molecular complexity index is 318. The number of rotatable bonds is 5. The molecule has 1 radical (unpaired) electrons. The molecular weight excluding hydrogens is 186 g/mol. The summed E-state index contributed by atoms with van der Waals surface area (Å²) in [5.74, 6) is 0.312. The molecule has 15 heavy (non-hydrogen) atoms. The summed E-state index contributed by atoms with van der Waals surface area (Å²) in [5, 5.41) is 3.77. The molecule has 2 heteroatoms. The Labute approximate surface area is 91.9 Å². The molecule has 0 N–H and O–H groups in total. The van der Waals surface area contributed by atoms with Crippen molar-refractivity contribution in [1.29, 1.82) is 0 Å². The number of aryl methyl sites for hydroxylation is 1. The summed E-state index contributed by atoms with van der Waals surface area (Å²) in [7, 11) is 0. The van der Waals surface area contributed by atoms with Gasteiger partial charge in [0.15, 0.2) is 0 Å². The van der Waals surface area contributed by atoms with E-state index in [1.807, 2.05) is 26.0 Å². The van der Waals surface area contributed by atoms with Crippen LogP contribution in [0.15, 0.2) is 29.4 Å². The molecular formula is C13H18NO. The normalized spacial score (nSPS) is 11.2. The standard InChI is InChI=1S/C13H18NO/c1-4-12-6-5-7-13(8-12)10-15-14-9-11(2)3/h5-8,11H,4,10H2,1-3H3. The van der Waals surface area contributed by atoms with Crippen LogP contribution in [0, 0.1) is 5.92 Å². The number of hydrogen-bond acceptors (Lipinski definition) is 2. The van der Waals surface area contributed by atoms with E-state index in [2.05, 4.69) is 30.4 Å². The van der Waals surface area contributed by atoms with Crippen LogP contribution >= 0.6 is 0 Å². The van der Waals surface area contributed by atoms with Crippen LogP contribution in [0.4, 0.5) is 0 Å². The van der Waals surface area contributed by atoms with E-state index < -0.39 is 0 Å². The maximum absolute atomic E-state index is 5.14. The van der Waals surface area contributed by atoms with E-state index in [9.17, 15) is 0 Å². The van der Waals surface area contributed by atoms with Gasteiger partial charge in [-0.1, -0.05) is 50.2 Å². The first-order chi connectivity index (χ1) is 7.22. The van der Waals surface area contributed by atoms with Crippen LogP contribution in [-0.4, -0.2) is 6.21 Å². The Kier molecular flexibility index (Phi) is 4.88. The summed E-state index contributed by atoms with van der Waals surface area (Å²) in [6.45, 7) is 6.70. The van der Waals surface area contributed by atoms with E-state index >= 15 is 0 Å². The second-order valence-corrected chi connectivity index (χ2v) is 3.82. The van der Waals surface area contributed by atoms with Crippen LogP contribution in [0.5, 0.6) is 0 Å². The Morgan fingerprint density at radius 1 is 1.33 bits per heavy atom. The molecule has 2 nitrogen and oxygen atoms in total. The molecule has 0 heterocycles. The lowest BCUT2D eigenvalue weighted by Gasteiger charge is -2.02. The van der Waals surface area contributed by atoms with Gasteiger partial charge in [-0.15, -0.1) is 0 Å². The van der Waals surface area contributed by atoms with Crippen molar-refractivity contribution >= 4 is 6.21 Å². The highest BCUT2D eigenvalue weighted by atomic mass is 16.6. The highest BCUT2D eigenvalue weighted by Gasteiger charge is 1.94. The topological polar surface area (TPSA) is 21.6 Å². The first-order valence-corrected chi connectivity index (χ1v) is 5.37. The van der Waals surface area contributed by atoms with Gasteiger partial charge in [0.05, 0.1) is 0 Å². The largest absolute Gasteiger partial charge is 0.391 e. The van der Waals surface area contributed by atoms with Gasteiger partial charge < -0.3 is 4.84 Å². The summed E-state index contributed by atoms with van der Waals surface area (Å²) >= 11 is 0. The zero-order chi connectivity index (χ0) is 11.1. The van der Waals surface area contributed by atoms with Gasteiger partial charge in [0.2, 0.25) is 0 Å². The smallest absolute Gasteiger partial charge is 0.142 e. The third-order valence-corrected chi connectivity index (χ3v) is 2.01. The first kappa shape index (κ1) is 11.8. The van der Waals surface area contributed by atoms with Crippen molar-refractivity contribution in [3.8, 4) is 0 Å². The van der Waals surface area contributed by atoms with Gasteiger partial charge in [-0.25, -0.2) is 0 Å². The highest BCUT2D eigenvalue weighted by molar-refractivity contribution is 5.58. The molecule has 1 aromatic carbocycles. The molecule has 0 saturated heterocycles. The maximum Gasteiger partial charge on any atom is 0.142 e. The van der Waals surface area contributed by atoms with Crippen LogP contribution in [0.25, 0.3) is 0 Å². The quantitative estimate of drug-likeness (QED) is 0.532. The second kappa shape index (κ2) is 6.23. The van der Waals surface area contributed by atoms with E-state index in [-0.39, 0.29) is 0 Å². The summed E-state index contributed by atoms with van der Waals surface area (Å²) in [6, 6.07) is 8.36. The van der Waals surface area contributed by atoms with E-state index in [1.54, 1.807) is 0 Å². The minimum Gasteiger partial charge on any atom is -0.391 e. The van der Waals surface area contributed by atoms with Crippen LogP contribution in [-0.2, 0) is 17.9 Å². The van der Waals surface area contributed by atoms with Crippen molar-refractivity contribution in [1.82, 2.24) is 0 Å². The Morgan fingerprint density at radius 2 is 2.07 bits per heavy atom. The number of hydrogen-bond donors (Lipinski definition) is 0. The molecule has 0 aliphatic carbocycles. The van der Waals surface area contributed by atoms with Crippen LogP contribution < -0.4 is 0 Å². The molecule has 0 bridgehead atoms. The van der Waals surface area contributed by atoms with Crippen molar-refractivity contribution in [2.75, 3.05) is 0 Å². The molecule has 0 aliphatic heterocycles. The van der Waals surface area contributed by atoms with Crippen molar-refractivity contribution in [3.63, 3.8) is 0 Å². The molecule has 0 unspecified atom stereocenters. The molecule has 0 aliphatic rings. The Balaban J connectivity index is 2.43. The van der Waals surface area contributed by atoms with Crippen LogP contribution in [0.2, 0.25) is 0 Å². The summed E-state index contributed by atoms with van der Waals surface area (Å²) in [6.07, 6.45) is 3.90. The third-order valence-electron chi connectivity index (χ3n) is 2.01. The third kappa shape index (κ3) is 4.63. The monoisotopic (exact) mass is 204 g/mol. The van der Waals surface area contributed by atoms with Gasteiger partial charge in [0, 0.05) is 5.92 Å². The lowest BCUT2D eigenvalue weighted by atomic mass is 10.1. The van der Waals surface area contributed by atoms with Crippen molar-refractivity contribution in [3.05, 3.63) is 35.4 Å². The lowest BCUT2D eigenvalue weighted by molar-refractivity contribution is 0.131. The average Bonchev–Trinajstić information content (AvgIpc) is 2.24. The lowest BCUT2D eigenvalue weighted by Crippen LogP contribution is -1.92. The molecule has 0 aromatic heterocycles. The van der Waals surface area contributed by atoms with Crippen LogP contribution in [0.1, 0.15) is 31.9 Å². The Morgan fingerprint density at radius 3 is 2.73 bits per heavy atom. The second-order valence-electron chi connectivity index (χ2n) is 3.82. The minimum absolute atomic E-state index is 0.312. The molecule has 0 fully saturated rings. The fraction of sp³-hybridized carbons (Fsp3) is 0.462. The van der Waals surface area contributed by atoms with Crippen molar-refractivity contribution < 1.29 is 4.84 Å². The van der Waals surface area contributed by atoms with Gasteiger partial charge in [-0.05, 0) is 17.5 Å². The van der Waals surface area contributed by atoms with Crippen molar-refractivity contribution in [2.24, 2.45) is 11.1 Å². The Hall–Kier alpha value is -1.31. The zero-order valence-corrected chi connectivity index (χ0v) is 9.66. The van der Waals surface area contributed by atoms with Crippen molar-refractivity contribution in [2.45, 2.75) is 33.8 Å². The molecule has 1 rings (SSSR count). The molecule has 0 amide bonds. The molecule has 0 saturated carbocycles. The number of benzene rings is 1. The summed E-state index contributed by atoms with van der Waals surface area (Å²) in [4.78, 5) is 5.14. The van der Waals surface area contributed by atoms with E-state index in [1.165, 1.54) is 5.56 Å². The first-order valence-electron chi connectivity index (χ1n) is 5.37. The molecule has 0 spiro atoms. The van der Waals surface area contributed by atoms with Gasteiger partial charge in [0.1, 0.15) is 12.8 Å². The molecule has 0 atom stereocenters. The zero-order valence-electron chi connectivity index (χ0n) is 9.66. The van der Waals surface area contributed by atoms with E-state index in [0.29, 0.717) is 12.5 Å². The SMILES string of the molecule is CCc1cccc(CO/N=[C]\C(C)C)c1. The van der Waals surface area contributed by atoms with E-state index in [4.69, 9.17) is 4.84 Å². The molecule has 81 valence electrons. The van der Waals surface area contributed by atoms with Gasteiger partial charge in [0.25, 0.3) is 0 Å². The summed E-state index contributed by atoms with van der Waals surface area (Å²) in [5.41, 5.74) is 2.48. The maximum atomic E-state index is 5.14. The predicted molar refractivity (Wildman–Crippen MR) is 62.9 cm³/mol. The molecule has 1 aromatic rings. The average molecular weight is 204 g/mol. The fourth-order valence-electron chi connectivity index (χ4n) is 1.19. The van der Waals surface area contributed by atoms with Gasteiger partial charge in [-0.3, -0.25) is 0 Å². The van der Waals surface area contributed by atoms with E-state index in [0.717, 1.165) is 12.0 Å².